The molecule has 36 heavy (non-hydrogen) atoms. The molecule has 6 radical (unpaired) electrons. The van der Waals surface area contributed by atoms with E-state index in [1.165, 1.54) is 10.7 Å². The van der Waals surface area contributed by atoms with Gasteiger partial charge in [-0.1, -0.05) is 6.07 Å². The van der Waals surface area contributed by atoms with Gasteiger partial charge in [0, 0.05) is 30.7 Å². The van der Waals surface area contributed by atoms with E-state index in [4.69, 9.17) is 28.3 Å². The van der Waals surface area contributed by atoms with Gasteiger partial charge in [0.2, 0.25) is 5.91 Å². The smallest absolute Gasteiger partial charge is 0.338 e. The van der Waals surface area contributed by atoms with Gasteiger partial charge in [-0.3, -0.25) is 14.5 Å². The van der Waals surface area contributed by atoms with E-state index in [9.17, 15) is 19.5 Å². The second-order valence-electron chi connectivity index (χ2n) is 10.1. The minimum atomic E-state index is -2.15. The van der Waals surface area contributed by atoms with Crippen LogP contribution in [0.5, 0.6) is 0 Å². The summed E-state index contributed by atoms with van der Waals surface area (Å²) in [4.78, 5) is 40.3. The van der Waals surface area contributed by atoms with E-state index in [2.05, 4.69) is 5.10 Å². The van der Waals surface area contributed by atoms with Crippen molar-refractivity contribution in [3.63, 3.8) is 0 Å². The number of nitrogens with zero attached hydrogens (tertiary/aromatic N) is 4. The molecule has 1 N–H and O–H groups in total. The summed E-state index contributed by atoms with van der Waals surface area (Å²) in [7, 11) is 21.0. The van der Waals surface area contributed by atoms with Crippen LogP contribution in [0.4, 0.5) is 5.82 Å². The van der Waals surface area contributed by atoms with Gasteiger partial charge in [0.25, 0.3) is 5.56 Å². The summed E-state index contributed by atoms with van der Waals surface area (Å²) in [5, 5.41) is 13.8. The third kappa shape index (κ3) is 3.56. The number of esters is 1. The van der Waals surface area contributed by atoms with E-state index >= 15 is 0 Å². The number of aryl methyl sites for hydroxylation is 1. The number of aromatic nitrogens is 2. The SMILES string of the molecule is [B]C([B])(N1CCC2(CCN(c3ccc(=O)n(C)n3)C2=O)CC1)[C@]([B])(O)c1ccc2c(c1C)COC2=O. The molecule has 1 spiro atoms. The van der Waals surface area contributed by atoms with Gasteiger partial charge in [-0.25, -0.2) is 9.48 Å². The summed E-state index contributed by atoms with van der Waals surface area (Å²) in [6, 6.07) is 6.07. The molecule has 9 nitrogen and oxygen atoms in total. The molecule has 3 aliphatic rings. The molecule has 0 aliphatic carbocycles. The predicted molar refractivity (Wildman–Crippen MR) is 134 cm³/mol. The maximum Gasteiger partial charge on any atom is 0.338 e. The first-order chi connectivity index (χ1) is 16.9. The molecule has 2 fully saturated rings. The van der Waals surface area contributed by atoms with Crippen LogP contribution in [0.15, 0.2) is 29.1 Å². The number of hydrogen-bond acceptors (Lipinski definition) is 7. The molecule has 1 atom stereocenters. The second-order valence-corrected chi connectivity index (χ2v) is 10.1. The van der Waals surface area contributed by atoms with Crippen molar-refractivity contribution in [2.24, 2.45) is 12.5 Å². The maximum atomic E-state index is 13.4. The molecule has 180 valence electrons. The van der Waals surface area contributed by atoms with Crippen molar-refractivity contribution in [1.29, 1.82) is 0 Å². The average molecular weight is 482 g/mol. The Bertz CT molecular complexity index is 1320. The Balaban J connectivity index is 1.34. The normalized spacial score (nSPS) is 21.5. The molecule has 1 amide bonds. The van der Waals surface area contributed by atoms with Gasteiger partial charge in [-0.05, 0) is 67.9 Å². The average Bonchev–Trinajstić information content (AvgIpc) is 3.37. The van der Waals surface area contributed by atoms with Gasteiger partial charge in [0.15, 0.2) is 5.82 Å². The van der Waals surface area contributed by atoms with Crippen molar-refractivity contribution in [2.75, 3.05) is 24.5 Å². The molecule has 3 aliphatic heterocycles. The monoisotopic (exact) mass is 482 g/mol. The number of carbonyl (C=O) groups is 2. The highest BCUT2D eigenvalue weighted by atomic mass is 16.5. The maximum absolute atomic E-state index is 13.4. The lowest BCUT2D eigenvalue weighted by molar-refractivity contribution is -0.128. The van der Waals surface area contributed by atoms with Gasteiger partial charge >= 0.3 is 5.97 Å². The van der Waals surface area contributed by atoms with Gasteiger partial charge < -0.3 is 14.7 Å². The van der Waals surface area contributed by atoms with Crippen LogP contribution in [0, 0.1) is 12.3 Å². The fourth-order valence-corrected chi connectivity index (χ4v) is 5.66. The van der Waals surface area contributed by atoms with Gasteiger partial charge in [-0.2, -0.15) is 5.10 Å². The van der Waals surface area contributed by atoms with Crippen LogP contribution in [0.2, 0.25) is 0 Å². The predicted octanol–water partition coefficient (Wildman–Crippen LogP) is -0.417. The quantitative estimate of drug-likeness (QED) is 0.467. The Morgan fingerprint density at radius 1 is 1.03 bits per heavy atom. The number of benzene rings is 1. The molecule has 1 aromatic carbocycles. The molecule has 2 saturated heterocycles. The summed E-state index contributed by atoms with van der Waals surface area (Å²) in [5.74, 6) is -0.0223. The van der Waals surface area contributed by atoms with Crippen molar-refractivity contribution in [2.45, 2.75) is 43.6 Å². The Hall–Kier alpha value is -2.85. The summed E-state index contributed by atoms with van der Waals surface area (Å²) >= 11 is 0. The molecule has 1 aromatic heterocycles. The van der Waals surface area contributed by atoms with Crippen molar-refractivity contribution in [1.82, 2.24) is 14.7 Å². The van der Waals surface area contributed by atoms with Crippen LogP contribution in [0.3, 0.4) is 0 Å². The zero-order valence-corrected chi connectivity index (χ0v) is 20.4. The summed E-state index contributed by atoms with van der Waals surface area (Å²) in [6.07, 6.45) is 1.59. The van der Waals surface area contributed by atoms with Gasteiger partial charge in [0.1, 0.15) is 14.5 Å². The van der Waals surface area contributed by atoms with Crippen molar-refractivity contribution in [3.8, 4) is 0 Å². The Morgan fingerprint density at radius 3 is 2.36 bits per heavy atom. The molecule has 0 bridgehead atoms. The van der Waals surface area contributed by atoms with Crippen LogP contribution in [-0.4, -0.2) is 80.2 Å². The topological polar surface area (TPSA) is 105 Å². The Morgan fingerprint density at radius 2 is 1.69 bits per heavy atom. The molecule has 0 unspecified atom stereocenters. The number of likely N-dealkylation sites (tertiary alicyclic amines) is 1. The summed E-state index contributed by atoms with van der Waals surface area (Å²) in [6.45, 7) is 3.03. The van der Waals surface area contributed by atoms with E-state index in [0.29, 0.717) is 67.0 Å². The van der Waals surface area contributed by atoms with Crippen LogP contribution in [0.25, 0.3) is 0 Å². The van der Waals surface area contributed by atoms with Crippen molar-refractivity contribution < 1.29 is 19.4 Å². The fourth-order valence-electron chi connectivity index (χ4n) is 5.66. The third-order valence-corrected chi connectivity index (χ3v) is 8.17. The Labute approximate surface area is 213 Å². The number of cyclic esters (lactones) is 1. The lowest BCUT2D eigenvalue weighted by Gasteiger charge is -2.54. The van der Waals surface area contributed by atoms with Gasteiger partial charge in [0.05, 0.1) is 26.7 Å². The molecule has 12 heteroatoms. The zero-order chi connectivity index (χ0) is 26.0. The summed E-state index contributed by atoms with van der Waals surface area (Å²) in [5.41, 5.74) is -0.994. The molecule has 2 aromatic rings. The Kier molecular flexibility index (Phi) is 5.76. The number of amides is 1. The first-order valence-corrected chi connectivity index (χ1v) is 11.9. The lowest BCUT2D eigenvalue weighted by atomic mass is 9.43. The molecule has 5 rings (SSSR count). The highest BCUT2D eigenvalue weighted by Crippen LogP contribution is 2.45. The first kappa shape index (κ1) is 24.8. The minimum absolute atomic E-state index is 0.0462. The van der Waals surface area contributed by atoms with Crippen molar-refractivity contribution in [3.05, 3.63) is 56.9 Å². The zero-order valence-electron chi connectivity index (χ0n) is 20.4. The van der Waals surface area contributed by atoms with Gasteiger partial charge in [-0.15, -0.1) is 0 Å². The van der Waals surface area contributed by atoms with E-state index < -0.39 is 22.2 Å². The number of piperidine rings is 1. The lowest BCUT2D eigenvalue weighted by Crippen LogP contribution is -2.66. The first-order valence-electron chi connectivity index (χ1n) is 11.9. The van der Waals surface area contributed by atoms with Crippen LogP contribution < -0.4 is 10.5 Å². The molecular weight excluding hydrogens is 457 g/mol. The minimum Gasteiger partial charge on any atom is -0.457 e. The number of rotatable bonds is 4. The standard InChI is InChI=1S/C24H25B3N4O5/c1-14-16-13-36-20(33)15(16)3-4-17(14)23(25,35)24(26,27)30-10-7-22(8-11-30)9-12-31(21(22)34)18-5-6-19(32)29(2)28-18/h3-6,35H,7-13H2,1-2H3/t23-/m1/s1. The van der Waals surface area contributed by atoms with Crippen LogP contribution in [-0.2, 0) is 28.7 Å². The summed E-state index contributed by atoms with van der Waals surface area (Å²) < 4.78 is 6.31. The van der Waals surface area contributed by atoms with E-state index in [-0.39, 0.29) is 18.1 Å². The molecular formula is C24H25B3N4O5. The van der Waals surface area contributed by atoms with E-state index in [1.807, 2.05) is 0 Å². The number of aliphatic hydroxyl groups is 1. The third-order valence-electron chi connectivity index (χ3n) is 8.17. The number of anilines is 1. The molecule has 4 heterocycles. The van der Waals surface area contributed by atoms with Crippen LogP contribution in [0.1, 0.15) is 46.3 Å². The number of carbonyl (C=O) groups excluding carboxylic acids is 2. The number of hydrogen-bond donors (Lipinski definition) is 1. The molecule has 0 saturated carbocycles. The van der Waals surface area contributed by atoms with Crippen LogP contribution >= 0.6 is 0 Å². The number of ether oxygens (including phenoxy) is 1. The largest absolute Gasteiger partial charge is 0.457 e. The van der Waals surface area contributed by atoms with Crippen molar-refractivity contribution >= 4 is 41.2 Å². The highest BCUT2D eigenvalue weighted by Gasteiger charge is 2.52. The number of fused-ring (bicyclic) bond motifs is 1. The second kappa shape index (κ2) is 8.35. The highest BCUT2D eigenvalue weighted by molar-refractivity contribution is 6.45. The van der Waals surface area contributed by atoms with E-state index in [1.54, 1.807) is 42.0 Å². The fraction of sp³-hybridized carbons (Fsp3) is 0.500. The van der Waals surface area contributed by atoms with E-state index in [0.717, 1.165) is 0 Å².